The Kier molecular flexibility index (Phi) is 5.19. The molecule has 0 bridgehead atoms. The number of rotatable bonds is 6. The van der Waals surface area contributed by atoms with Crippen molar-refractivity contribution in [1.82, 2.24) is 19.6 Å². The lowest BCUT2D eigenvalue weighted by Gasteiger charge is -2.05. The second-order valence-corrected chi connectivity index (χ2v) is 6.39. The van der Waals surface area contributed by atoms with Gasteiger partial charge in [-0.2, -0.15) is 10.2 Å². The number of nitrogens with one attached hydrogen (secondary N) is 1. The van der Waals surface area contributed by atoms with E-state index in [1.54, 1.807) is 16.9 Å². The summed E-state index contributed by atoms with van der Waals surface area (Å²) in [4.78, 5) is 12.1. The summed E-state index contributed by atoms with van der Waals surface area (Å²) < 4.78 is 3.53. The van der Waals surface area contributed by atoms with Crippen molar-refractivity contribution < 1.29 is 4.79 Å². The highest BCUT2D eigenvalue weighted by molar-refractivity contribution is 6.31. The summed E-state index contributed by atoms with van der Waals surface area (Å²) in [6.45, 7) is 5.09. The van der Waals surface area contributed by atoms with Crippen molar-refractivity contribution in [1.29, 1.82) is 0 Å². The fourth-order valence-corrected chi connectivity index (χ4v) is 2.72. The van der Waals surface area contributed by atoms with Crippen LogP contribution in [0.5, 0.6) is 0 Å². The van der Waals surface area contributed by atoms with Crippen LogP contribution in [-0.4, -0.2) is 25.5 Å². The molecule has 1 amide bonds. The highest BCUT2D eigenvalue weighted by atomic mass is 35.5. The van der Waals surface area contributed by atoms with E-state index >= 15 is 0 Å². The van der Waals surface area contributed by atoms with Gasteiger partial charge in [-0.25, -0.2) is 0 Å². The van der Waals surface area contributed by atoms with Crippen molar-refractivity contribution in [3.05, 3.63) is 64.6 Å². The summed E-state index contributed by atoms with van der Waals surface area (Å²) in [6.07, 6.45) is 3.75. The molecule has 7 heteroatoms. The number of nitrogens with zero attached hydrogens (tertiary/aromatic N) is 4. The zero-order chi connectivity index (χ0) is 17.8. The van der Waals surface area contributed by atoms with Crippen molar-refractivity contribution in [2.24, 2.45) is 0 Å². The molecule has 3 rings (SSSR count). The van der Waals surface area contributed by atoms with Crippen LogP contribution in [0.15, 0.2) is 42.7 Å². The molecule has 0 atom stereocenters. The molecule has 3 aromatic rings. The van der Waals surface area contributed by atoms with Gasteiger partial charge >= 0.3 is 0 Å². The van der Waals surface area contributed by atoms with E-state index in [4.69, 9.17) is 11.6 Å². The molecule has 130 valence electrons. The Morgan fingerprint density at radius 3 is 2.84 bits per heavy atom. The molecule has 1 N–H and O–H groups in total. The topological polar surface area (TPSA) is 64.7 Å². The molecule has 2 heterocycles. The van der Waals surface area contributed by atoms with Gasteiger partial charge in [-0.15, -0.1) is 0 Å². The molecule has 0 aliphatic rings. The number of carbonyl (C=O) groups is 1. The molecule has 0 fully saturated rings. The van der Waals surface area contributed by atoms with Crippen molar-refractivity contribution in [3.8, 4) is 0 Å². The largest absolute Gasteiger partial charge is 0.309 e. The standard InChI is InChI=1S/C18H20ClN5O/c1-13-4-3-5-15(10-13)12-23-8-6-17(22-23)21-18(25)7-9-24-14(2)16(19)11-20-24/h3-6,8,10-11H,7,9,12H2,1-2H3,(H,21,22,25). The van der Waals surface area contributed by atoms with Crippen LogP contribution in [0.1, 0.15) is 23.2 Å². The second kappa shape index (κ2) is 7.53. The molecule has 0 saturated heterocycles. The fourth-order valence-electron chi connectivity index (χ4n) is 2.58. The molecule has 0 spiro atoms. The molecule has 2 aromatic heterocycles. The van der Waals surface area contributed by atoms with Crippen LogP contribution >= 0.6 is 11.6 Å². The fraction of sp³-hybridized carbons (Fsp3) is 0.278. The average molecular weight is 358 g/mol. The van der Waals surface area contributed by atoms with E-state index in [-0.39, 0.29) is 5.91 Å². The first-order chi connectivity index (χ1) is 12.0. The predicted molar refractivity (Wildman–Crippen MR) is 97.7 cm³/mol. The number of aromatic nitrogens is 4. The zero-order valence-electron chi connectivity index (χ0n) is 14.2. The van der Waals surface area contributed by atoms with E-state index < -0.39 is 0 Å². The molecule has 0 radical (unpaired) electrons. The number of benzene rings is 1. The summed E-state index contributed by atoms with van der Waals surface area (Å²) in [5.74, 6) is 0.444. The lowest BCUT2D eigenvalue weighted by molar-refractivity contribution is -0.116. The Morgan fingerprint density at radius 2 is 2.12 bits per heavy atom. The molecule has 25 heavy (non-hydrogen) atoms. The third kappa shape index (κ3) is 4.48. The number of hydrogen-bond acceptors (Lipinski definition) is 3. The molecule has 0 saturated carbocycles. The van der Waals surface area contributed by atoms with Crippen LogP contribution < -0.4 is 5.32 Å². The third-order valence-corrected chi connectivity index (χ3v) is 4.30. The summed E-state index contributed by atoms with van der Waals surface area (Å²) >= 11 is 5.96. The highest BCUT2D eigenvalue weighted by Gasteiger charge is 2.09. The summed E-state index contributed by atoms with van der Waals surface area (Å²) in [7, 11) is 0. The maximum absolute atomic E-state index is 12.1. The lowest BCUT2D eigenvalue weighted by Crippen LogP contribution is -2.16. The van der Waals surface area contributed by atoms with Crippen LogP contribution in [0.3, 0.4) is 0 Å². The Bertz CT molecular complexity index is 883. The predicted octanol–water partition coefficient (Wildman–Crippen LogP) is 3.43. The first-order valence-electron chi connectivity index (χ1n) is 8.08. The smallest absolute Gasteiger partial charge is 0.227 e. The zero-order valence-corrected chi connectivity index (χ0v) is 15.0. The van der Waals surface area contributed by atoms with Crippen molar-refractivity contribution in [2.45, 2.75) is 33.4 Å². The lowest BCUT2D eigenvalue weighted by atomic mass is 10.1. The second-order valence-electron chi connectivity index (χ2n) is 5.99. The molecule has 6 nitrogen and oxygen atoms in total. The van der Waals surface area contributed by atoms with Gasteiger partial charge in [0, 0.05) is 18.7 Å². The molecule has 0 aliphatic heterocycles. The van der Waals surface area contributed by atoms with Gasteiger partial charge in [0.05, 0.1) is 30.0 Å². The number of halogens is 1. The first kappa shape index (κ1) is 17.2. The van der Waals surface area contributed by atoms with E-state index in [0.717, 1.165) is 5.69 Å². The minimum atomic E-state index is -0.105. The van der Waals surface area contributed by atoms with Gasteiger partial charge < -0.3 is 5.32 Å². The normalized spacial score (nSPS) is 10.8. The first-order valence-corrected chi connectivity index (χ1v) is 8.46. The third-order valence-electron chi connectivity index (χ3n) is 3.93. The van der Waals surface area contributed by atoms with Gasteiger partial charge in [0.25, 0.3) is 0 Å². The molecule has 1 aromatic carbocycles. The van der Waals surface area contributed by atoms with E-state index in [1.165, 1.54) is 11.1 Å². The van der Waals surface area contributed by atoms with Gasteiger partial charge in [0.15, 0.2) is 5.82 Å². The molecule has 0 unspecified atom stereocenters. The van der Waals surface area contributed by atoms with E-state index in [1.807, 2.05) is 23.9 Å². The van der Waals surface area contributed by atoms with Crippen LogP contribution in [0.25, 0.3) is 0 Å². The van der Waals surface area contributed by atoms with Gasteiger partial charge in [-0.3, -0.25) is 14.2 Å². The number of amides is 1. The molecule has 0 aliphatic carbocycles. The van der Waals surface area contributed by atoms with E-state index in [9.17, 15) is 4.79 Å². The van der Waals surface area contributed by atoms with Crippen LogP contribution in [-0.2, 0) is 17.9 Å². The van der Waals surface area contributed by atoms with Crippen LogP contribution in [0.4, 0.5) is 5.82 Å². The minimum Gasteiger partial charge on any atom is -0.309 e. The Morgan fingerprint density at radius 1 is 1.28 bits per heavy atom. The Labute approximate surface area is 151 Å². The number of carbonyl (C=O) groups excluding carboxylic acids is 1. The number of anilines is 1. The summed E-state index contributed by atoms with van der Waals surface area (Å²) in [5, 5.41) is 11.9. The SMILES string of the molecule is Cc1cccc(Cn2ccc(NC(=O)CCn3ncc(Cl)c3C)n2)c1. The number of hydrogen-bond donors (Lipinski definition) is 1. The van der Waals surface area contributed by atoms with Crippen LogP contribution in [0.2, 0.25) is 5.02 Å². The maximum Gasteiger partial charge on any atom is 0.227 e. The van der Waals surface area contributed by atoms with E-state index in [0.29, 0.717) is 30.4 Å². The number of aryl methyl sites for hydroxylation is 2. The molecular weight excluding hydrogens is 338 g/mol. The summed E-state index contributed by atoms with van der Waals surface area (Å²) in [6, 6.07) is 10.1. The monoisotopic (exact) mass is 357 g/mol. The maximum atomic E-state index is 12.1. The van der Waals surface area contributed by atoms with E-state index in [2.05, 4.69) is 40.6 Å². The minimum absolute atomic E-state index is 0.105. The summed E-state index contributed by atoms with van der Waals surface area (Å²) in [5.41, 5.74) is 3.25. The van der Waals surface area contributed by atoms with Gasteiger partial charge in [-0.05, 0) is 19.4 Å². The molecular formula is C18H20ClN5O. The Hall–Kier alpha value is -2.60. The average Bonchev–Trinajstić information content (AvgIpc) is 3.13. The quantitative estimate of drug-likeness (QED) is 0.735. The van der Waals surface area contributed by atoms with Crippen molar-refractivity contribution in [2.75, 3.05) is 5.32 Å². The van der Waals surface area contributed by atoms with Gasteiger partial charge in [-0.1, -0.05) is 41.4 Å². The van der Waals surface area contributed by atoms with Gasteiger partial charge in [0.2, 0.25) is 5.91 Å². The van der Waals surface area contributed by atoms with Crippen LogP contribution in [0, 0.1) is 13.8 Å². The van der Waals surface area contributed by atoms with Gasteiger partial charge in [0.1, 0.15) is 0 Å². The highest BCUT2D eigenvalue weighted by Crippen LogP contribution is 2.14. The van der Waals surface area contributed by atoms with Crippen molar-refractivity contribution >= 4 is 23.3 Å². The van der Waals surface area contributed by atoms with Crippen molar-refractivity contribution in [3.63, 3.8) is 0 Å². The Balaban J connectivity index is 1.54.